The van der Waals surface area contributed by atoms with Crippen molar-refractivity contribution in [2.75, 3.05) is 23.5 Å². The molecule has 1 fully saturated rings. The smallest absolute Gasteiger partial charge is 0.161 e. The molecule has 1 aromatic rings. The number of nitrogens with zero attached hydrogens (tertiary/aromatic N) is 3. The molecule has 0 saturated carbocycles. The van der Waals surface area contributed by atoms with Crippen LogP contribution in [0.3, 0.4) is 0 Å². The summed E-state index contributed by atoms with van der Waals surface area (Å²) in [6.45, 7) is 3.73. The predicted molar refractivity (Wildman–Crippen MR) is 82.9 cm³/mol. The molecule has 0 aliphatic carbocycles. The second-order valence-electron chi connectivity index (χ2n) is 5.14. The van der Waals surface area contributed by atoms with Gasteiger partial charge in [0.05, 0.1) is 22.8 Å². The predicted octanol–water partition coefficient (Wildman–Crippen LogP) is 0.351. The Balaban J connectivity index is 2.43. The highest BCUT2D eigenvalue weighted by Gasteiger charge is 2.32. The van der Waals surface area contributed by atoms with E-state index in [0.717, 1.165) is 11.3 Å². The molecule has 0 spiro atoms. The monoisotopic (exact) mass is 314 g/mol. The van der Waals surface area contributed by atoms with Gasteiger partial charge in [0.1, 0.15) is 4.99 Å². The molecular formula is C12H18N4O2S2. The molecule has 8 heteroatoms. The highest BCUT2D eigenvalue weighted by atomic mass is 32.2. The molecule has 1 unspecified atom stereocenters. The number of sulfone groups is 1. The molecule has 6 nitrogen and oxygen atoms in total. The van der Waals surface area contributed by atoms with E-state index in [1.807, 2.05) is 25.8 Å². The van der Waals surface area contributed by atoms with Gasteiger partial charge in [0.15, 0.2) is 15.7 Å². The van der Waals surface area contributed by atoms with Gasteiger partial charge < -0.3 is 10.6 Å². The summed E-state index contributed by atoms with van der Waals surface area (Å²) in [4.78, 5) is 2.08. The van der Waals surface area contributed by atoms with E-state index in [1.165, 1.54) is 0 Å². The first-order valence-electron chi connectivity index (χ1n) is 6.30. The Morgan fingerprint density at radius 1 is 1.40 bits per heavy atom. The summed E-state index contributed by atoms with van der Waals surface area (Å²) in [7, 11) is -1.14. The van der Waals surface area contributed by atoms with E-state index in [0.29, 0.717) is 17.8 Å². The maximum Gasteiger partial charge on any atom is 0.161 e. The normalized spacial score (nSPS) is 20.9. The maximum absolute atomic E-state index is 11.6. The van der Waals surface area contributed by atoms with Gasteiger partial charge in [-0.15, -0.1) is 5.10 Å². The zero-order valence-electron chi connectivity index (χ0n) is 11.8. The molecule has 20 heavy (non-hydrogen) atoms. The topological polar surface area (TPSA) is 89.2 Å². The molecule has 2 rings (SSSR count). The largest absolute Gasteiger partial charge is 0.389 e. The van der Waals surface area contributed by atoms with Gasteiger partial charge in [-0.1, -0.05) is 12.2 Å². The minimum atomic E-state index is -2.95. The Kier molecular flexibility index (Phi) is 3.97. The molecule has 2 heterocycles. The van der Waals surface area contributed by atoms with E-state index in [9.17, 15) is 8.42 Å². The first-order chi connectivity index (χ1) is 9.23. The Bertz CT molecular complexity index is 658. The second kappa shape index (κ2) is 5.25. The van der Waals surface area contributed by atoms with Crippen LogP contribution in [-0.4, -0.2) is 48.2 Å². The third kappa shape index (κ3) is 2.76. The summed E-state index contributed by atoms with van der Waals surface area (Å²) in [5.74, 6) is 0.903. The van der Waals surface area contributed by atoms with E-state index < -0.39 is 9.84 Å². The molecule has 0 amide bonds. The number of rotatable bonds is 3. The highest BCUT2D eigenvalue weighted by Crippen LogP contribution is 2.26. The molecule has 110 valence electrons. The number of nitrogens with two attached hydrogens (primary N) is 1. The summed E-state index contributed by atoms with van der Waals surface area (Å²) in [6.07, 6.45) is 0.588. The molecule has 1 aliphatic heterocycles. The summed E-state index contributed by atoms with van der Waals surface area (Å²) in [5, 5.41) is 8.26. The van der Waals surface area contributed by atoms with Gasteiger partial charge in [-0.25, -0.2) is 8.42 Å². The molecule has 1 saturated heterocycles. The van der Waals surface area contributed by atoms with Crippen molar-refractivity contribution >= 4 is 32.9 Å². The molecule has 1 atom stereocenters. The quantitative estimate of drug-likeness (QED) is 0.805. The number of aromatic nitrogens is 2. The van der Waals surface area contributed by atoms with Crippen LogP contribution in [0, 0.1) is 13.8 Å². The minimum absolute atomic E-state index is 0.107. The van der Waals surface area contributed by atoms with Crippen LogP contribution in [0.1, 0.15) is 23.2 Å². The lowest BCUT2D eigenvalue weighted by Gasteiger charge is -2.26. The SMILES string of the molecule is Cc1nnc(N(C)C2CCS(=O)(=O)C2)c(C(N)=S)c1C. The van der Waals surface area contributed by atoms with Crippen LogP contribution in [0.2, 0.25) is 0 Å². The van der Waals surface area contributed by atoms with Crippen LogP contribution in [0.15, 0.2) is 0 Å². The minimum Gasteiger partial charge on any atom is -0.389 e. The third-order valence-electron chi connectivity index (χ3n) is 3.77. The van der Waals surface area contributed by atoms with Gasteiger partial charge in [-0.05, 0) is 25.8 Å². The number of hydrogen-bond acceptors (Lipinski definition) is 6. The van der Waals surface area contributed by atoms with Gasteiger partial charge in [0.2, 0.25) is 0 Å². The molecule has 1 aromatic heterocycles. The van der Waals surface area contributed by atoms with Crippen molar-refractivity contribution in [2.24, 2.45) is 5.73 Å². The average molecular weight is 314 g/mol. The molecule has 2 N–H and O–H groups in total. The Morgan fingerprint density at radius 2 is 2.05 bits per heavy atom. The van der Waals surface area contributed by atoms with Gasteiger partial charge in [-0.3, -0.25) is 0 Å². The Hall–Kier alpha value is -1.28. The van der Waals surface area contributed by atoms with Crippen LogP contribution in [0.25, 0.3) is 0 Å². The van der Waals surface area contributed by atoms with E-state index in [1.54, 1.807) is 0 Å². The van der Waals surface area contributed by atoms with E-state index in [-0.39, 0.29) is 22.5 Å². The van der Waals surface area contributed by atoms with Crippen molar-refractivity contribution in [3.8, 4) is 0 Å². The first kappa shape index (κ1) is 15.1. The fraction of sp³-hybridized carbons (Fsp3) is 0.583. The molecule has 0 aromatic carbocycles. The van der Waals surface area contributed by atoms with Gasteiger partial charge in [0.25, 0.3) is 0 Å². The molecule has 0 bridgehead atoms. The maximum atomic E-state index is 11.6. The fourth-order valence-electron chi connectivity index (χ4n) is 2.39. The van der Waals surface area contributed by atoms with Crippen LogP contribution >= 0.6 is 12.2 Å². The summed E-state index contributed by atoms with van der Waals surface area (Å²) in [5.41, 5.74) is 8.12. The third-order valence-corrected chi connectivity index (χ3v) is 5.73. The van der Waals surface area contributed by atoms with E-state index >= 15 is 0 Å². The van der Waals surface area contributed by atoms with Crippen molar-refractivity contribution in [1.82, 2.24) is 10.2 Å². The fourth-order valence-corrected chi connectivity index (χ4v) is 4.41. The summed E-state index contributed by atoms with van der Waals surface area (Å²) < 4.78 is 23.2. The van der Waals surface area contributed by atoms with E-state index in [4.69, 9.17) is 18.0 Å². The van der Waals surface area contributed by atoms with Crippen LogP contribution in [-0.2, 0) is 9.84 Å². The lowest BCUT2D eigenvalue weighted by Crippen LogP contribution is -2.35. The highest BCUT2D eigenvalue weighted by molar-refractivity contribution is 7.91. The van der Waals surface area contributed by atoms with Crippen molar-refractivity contribution in [3.05, 3.63) is 16.8 Å². The molecule has 0 radical (unpaired) electrons. The van der Waals surface area contributed by atoms with Crippen LogP contribution in [0.4, 0.5) is 5.82 Å². The Morgan fingerprint density at radius 3 is 2.55 bits per heavy atom. The second-order valence-corrected chi connectivity index (χ2v) is 7.81. The number of thiocarbonyl (C=S) groups is 1. The number of aryl methyl sites for hydroxylation is 1. The lowest BCUT2D eigenvalue weighted by atomic mass is 10.1. The lowest BCUT2D eigenvalue weighted by molar-refractivity contribution is 0.600. The standard InChI is InChI=1S/C12H18N4O2S2/c1-7-8(2)14-15-12(10(7)11(13)19)16(3)9-4-5-20(17,18)6-9/h9H,4-6H2,1-3H3,(H2,13,19). The van der Waals surface area contributed by atoms with Crippen LogP contribution in [0.5, 0.6) is 0 Å². The Labute approximate surface area is 124 Å². The van der Waals surface area contributed by atoms with Gasteiger partial charge in [0, 0.05) is 13.1 Å². The number of anilines is 1. The molecular weight excluding hydrogens is 296 g/mol. The summed E-state index contributed by atoms with van der Waals surface area (Å²) >= 11 is 5.10. The van der Waals surface area contributed by atoms with Crippen LogP contribution < -0.4 is 10.6 Å². The summed E-state index contributed by atoms with van der Waals surface area (Å²) in [6, 6.07) is -0.107. The van der Waals surface area contributed by atoms with Gasteiger partial charge in [-0.2, -0.15) is 5.10 Å². The van der Waals surface area contributed by atoms with Crippen molar-refractivity contribution in [3.63, 3.8) is 0 Å². The average Bonchev–Trinajstić information content (AvgIpc) is 2.71. The van der Waals surface area contributed by atoms with Crippen molar-refractivity contribution in [1.29, 1.82) is 0 Å². The van der Waals surface area contributed by atoms with E-state index in [2.05, 4.69) is 10.2 Å². The van der Waals surface area contributed by atoms with Gasteiger partial charge >= 0.3 is 0 Å². The van der Waals surface area contributed by atoms with Crippen molar-refractivity contribution < 1.29 is 8.42 Å². The number of hydrogen-bond donors (Lipinski definition) is 1. The molecule has 1 aliphatic rings. The zero-order chi connectivity index (χ0) is 15.1. The van der Waals surface area contributed by atoms with Crippen molar-refractivity contribution in [2.45, 2.75) is 26.3 Å². The first-order valence-corrected chi connectivity index (χ1v) is 8.53. The zero-order valence-corrected chi connectivity index (χ0v) is 13.4.